The lowest BCUT2D eigenvalue weighted by atomic mass is 10.1. The van der Waals surface area contributed by atoms with E-state index >= 15 is 0 Å². The average molecular weight is 333 g/mol. The SMILES string of the molecule is CC(C)CCNC(=O)NC(=O)COc1ccc(Cl)cc1Cl. The van der Waals surface area contributed by atoms with Crippen LogP contribution in [0.4, 0.5) is 4.79 Å². The maximum atomic E-state index is 11.5. The van der Waals surface area contributed by atoms with Crippen LogP contribution in [0.5, 0.6) is 5.75 Å². The van der Waals surface area contributed by atoms with Gasteiger partial charge in [-0.3, -0.25) is 10.1 Å². The number of hydrogen-bond acceptors (Lipinski definition) is 3. The van der Waals surface area contributed by atoms with Gasteiger partial charge in [-0.25, -0.2) is 4.79 Å². The largest absolute Gasteiger partial charge is 0.482 e. The number of amides is 3. The van der Waals surface area contributed by atoms with Gasteiger partial charge in [0.2, 0.25) is 0 Å². The zero-order valence-corrected chi connectivity index (χ0v) is 13.4. The van der Waals surface area contributed by atoms with E-state index in [9.17, 15) is 9.59 Å². The first-order chi connectivity index (χ1) is 9.88. The fourth-order valence-electron chi connectivity index (χ4n) is 1.42. The summed E-state index contributed by atoms with van der Waals surface area (Å²) in [6.07, 6.45) is 0.846. The molecule has 1 rings (SSSR count). The molecule has 2 N–H and O–H groups in total. The van der Waals surface area contributed by atoms with Crippen molar-refractivity contribution in [2.75, 3.05) is 13.2 Å². The number of carbonyl (C=O) groups excluding carboxylic acids is 2. The van der Waals surface area contributed by atoms with Crippen LogP contribution in [0, 0.1) is 5.92 Å². The Morgan fingerprint density at radius 2 is 2.00 bits per heavy atom. The molecule has 0 radical (unpaired) electrons. The Bertz CT molecular complexity index is 507. The second-order valence-electron chi connectivity index (χ2n) is 4.85. The first-order valence-electron chi connectivity index (χ1n) is 6.54. The quantitative estimate of drug-likeness (QED) is 0.840. The van der Waals surface area contributed by atoms with Crippen LogP contribution >= 0.6 is 23.2 Å². The third-order valence-corrected chi connectivity index (χ3v) is 3.04. The van der Waals surface area contributed by atoms with E-state index in [2.05, 4.69) is 24.5 Å². The Morgan fingerprint density at radius 3 is 2.62 bits per heavy atom. The second-order valence-corrected chi connectivity index (χ2v) is 5.69. The summed E-state index contributed by atoms with van der Waals surface area (Å²) in [5.74, 6) is 0.260. The van der Waals surface area contributed by atoms with Gasteiger partial charge in [0.1, 0.15) is 5.75 Å². The van der Waals surface area contributed by atoms with Crippen LogP contribution in [0.2, 0.25) is 10.0 Å². The number of imide groups is 1. The average Bonchev–Trinajstić information content (AvgIpc) is 2.37. The van der Waals surface area contributed by atoms with Crippen LogP contribution in [0.15, 0.2) is 18.2 Å². The van der Waals surface area contributed by atoms with Gasteiger partial charge in [-0.1, -0.05) is 37.0 Å². The maximum Gasteiger partial charge on any atom is 0.321 e. The molecule has 0 heterocycles. The number of benzene rings is 1. The molecule has 0 saturated heterocycles. The highest BCUT2D eigenvalue weighted by molar-refractivity contribution is 6.35. The summed E-state index contributed by atoms with van der Waals surface area (Å²) in [7, 11) is 0. The summed E-state index contributed by atoms with van der Waals surface area (Å²) in [4.78, 5) is 23.0. The van der Waals surface area contributed by atoms with E-state index in [0.29, 0.717) is 28.3 Å². The molecule has 116 valence electrons. The zero-order valence-electron chi connectivity index (χ0n) is 11.9. The molecule has 0 aliphatic carbocycles. The number of halogens is 2. The monoisotopic (exact) mass is 332 g/mol. The molecule has 0 bridgehead atoms. The van der Waals surface area contributed by atoms with Gasteiger partial charge in [-0.05, 0) is 30.5 Å². The van der Waals surface area contributed by atoms with Crippen molar-refractivity contribution in [1.29, 1.82) is 0 Å². The van der Waals surface area contributed by atoms with Gasteiger partial charge in [0.15, 0.2) is 6.61 Å². The highest BCUT2D eigenvalue weighted by atomic mass is 35.5. The third kappa shape index (κ3) is 7.20. The molecule has 0 aromatic heterocycles. The normalized spacial score (nSPS) is 10.3. The summed E-state index contributed by atoms with van der Waals surface area (Å²) in [6, 6.07) is 4.13. The summed E-state index contributed by atoms with van der Waals surface area (Å²) in [6.45, 7) is 4.31. The smallest absolute Gasteiger partial charge is 0.321 e. The minimum atomic E-state index is -0.553. The van der Waals surface area contributed by atoms with Crippen molar-refractivity contribution >= 4 is 35.1 Å². The van der Waals surface area contributed by atoms with Crippen LogP contribution in [0.3, 0.4) is 0 Å². The zero-order chi connectivity index (χ0) is 15.8. The van der Waals surface area contributed by atoms with Crippen molar-refractivity contribution in [2.24, 2.45) is 5.92 Å². The Hall–Kier alpha value is -1.46. The molecule has 1 aromatic carbocycles. The molecule has 5 nitrogen and oxygen atoms in total. The molecule has 0 atom stereocenters. The standard InChI is InChI=1S/C14H18Cl2N2O3/c1-9(2)5-6-17-14(20)18-13(19)8-21-12-4-3-10(15)7-11(12)16/h3-4,7,9H,5-6,8H2,1-2H3,(H2,17,18,19,20). The van der Waals surface area contributed by atoms with Gasteiger partial charge in [0.05, 0.1) is 5.02 Å². The van der Waals surface area contributed by atoms with Gasteiger partial charge >= 0.3 is 6.03 Å². The molecule has 0 aliphatic heterocycles. The topological polar surface area (TPSA) is 67.4 Å². The Kier molecular flexibility index (Phi) is 7.32. The minimum absolute atomic E-state index is 0.302. The first kappa shape index (κ1) is 17.6. The third-order valence-electron chi connectivity index (χ3n) is 2.51. The number of urea groups is 1. The molecular formula is C14H18Cl2N2O3. The van der Waals surface area contributed by atoms with E-state index in [1.807, 2.05) is 0 Å². The fourth-order valence-corrected chi connectivity index (χ4v) is 1.88. The predicted molar refractivity (Wildman–Crippen MR) is 83.0 cm³/mol. The van der Waals surface area contributed by atoms with E-state index in [1.54, 1.807) is 12.1 Å². The Labute approximate surface area is 133 Å². The van der Waals surface area contributed by atoms with Gasteiger partial charge in [-0.2, -0.15) is 0 Å². The molecule has 0 unspecified atom stereocenters. The molecule has 1 aromatic rings. The molecule has 0 fully saturated rings. The Morgan fingerprint density at radius 1 is 1.29 bits per heavy atom. The molecule has 0 spiro atoms. The molecule has 21 heavy (non-hydrogen) atoms. The number of hydrogen-bond donors (Lipinski definition) is 2. The lowest BCUT2D eigenvalue weighted by Gasteiger charge is -2.10. The highest BCUT2D eigenvalue weighted by Gasteiger charge is 2.09. The lowest BCUT2D eigenvalue weighted by molar-refractivity contribution is -0.122. The van der Waals surface area contributed by atoms with Gasteiger partial charge in [0.25, 0.3) is 5.91 Å². The van der Waals surface area contributed by atoms with E-state index in [0.717, 1.165) is 6.42 Å². The van der Waals surface area contributed by atoms with Crippen LogP contribution in [0.1, 0.15) is 20.3 Å². The number of nitrogens with one attached hydrogen (secondary N) is 2. The van der Waals surface area contributed by atoms with Crippen LogP contribution in [0.25, 0.3) is 0 Å². The van der Waals surface area contributed by atoms with Crippen molar-refractivity contribution in [3.63, 3.8) is 0 Å². The van der Waals surface area contributed by atoms with Crippen molar-refractivity contribution in [1.82, 2.24) is 10.6 Å². The van der Waals surface area contributed by atoms with E-state index in [-0.39, 0.29) is 6.61 Å². The van der Waals surface area contributed by atoms with Crippen molar-refractivity contribution < 1.29 is 14.3 Å². The van der Waals surface area contributed by atoms with Crippen molar-refractivity contribution in [3.05, 3.63) is 28.2 Å². The molecule has 0 aliphatic rings. The number of rotatable bonds is 6. The number of ether oxygens (including phenoxy) is 1. The van der Waals surface area contributed by atoms with Crippen LogP contribution in [-0.2, 0) is 4.79 Å². The second kappa shape index (κ2) is 8.74. The Balaban J connectivity index is 2.32. The summed E-state index contributed by atoms with van der Waals surface area (Å²) >= 11 is 11.6. The van der Waals surface area contributed by atoms with E-state index in [1.165, 1.54) is 6.07 Å². The number of carbonyl (C=O) groups is 2. The predicted octanol–water partition coefficient (Wildman–Crippen LogP) is 3.24. The fraction of sp³-hybridized carbons (Fsp3) is 0.429. The van der Waals surface area contributed by atoms with Gasteiger partial charge < -0.3 is 10.1 Å². The van der Waals surface area contributed by atoms with E-state index < -0.39 is 11.9 Å². The molecule has 3 amide bonds. The van der Waals surface area contributed by atoms with Crippen LogP contribution < -0.4 is 15.4 Å². The van der Waals surface area contributed by atoms with Crippen molar-refractivity contribution in [3.8, 4) is 5.75 Å². The molecular weight excluding hydrogens is 315 g/mol. The van der Waals surface area contributed by atoms with Gasteiger partial charge in [-0.15, -0.1) is 0 Å². The summed E-state index contributed by atoms with van der Waals surface area (Å²) < 4.78 is 5.21. The molecule has 7 heteroatoms. The maximum absolute atomic E-state index is 11.5. The summed E-state index contributed by atoms with van der Waals surface area (Å²) in [5.41, 5.74) is 0. The van der Waals surface area contributed by atoms with Gasteiger partial charge in [0, 0.05) is 11.6 Å². The van der Waals surface area contributed by atoms with Crippen molar-refractivity contribution in [2.45, 2.75) is 20.3 Å². The lowest BCUT2D eigenvalue weighted by Crippen LogP contribution is -2.42. The highest BCUT2D eigenvalue weighted by Crippen LogP contribution is 2.27. The minimum Gasteiger partial charge on any atom is -0.482 e. The molecule has 0 saturated carbocycles. The summed E-state index contributed by atoms with van der Waals surface area (Å²) in [5, 5.41) is 5.54. The van der Waals surface area contributed by atoms with Crippen LogP contribution in [-0.4, -0.2) is 25.1 Å². The van der Waals surface area contributed by atoms with E-state index in [4.69, 9.17) is 27.9 Å². The first-order valence-corrected chi connectivity index (χ1v) is 7.29.